The molecule has 8 heteroatoms. The van der Waals surface area contributed by atoms with E-state index in [4.69, 9.17) is 15.5 Å². The molecule has 0 rings (SSSR count). The van der Waals surface area contributed by atoms with E-state index in [1.165, 1.54) is 0 Å². The Kier molecular flexibility index (Phi) is 3.19. The molecule has 0 atom stereocenters. The van der Waals surface area contributed by atoms with Crippen molar-refractivity contribution in [1.82, 2.24) is 4.30 Å². The normalized spacial score (nSPS) is 13.3. The summed E-state index contributed by atoms with van der Waals surface area (Å²) in [5.74, 6) is -0.330. The molecule has 0 fully saturated rings. The molecule has 0 aliphatic rings. The summed E-state index contributed by atoms with van der Waals surface area (Å²) in [5, 5.41) is 0. The van der Waals surface area contributed by atoms with Gasteiger partial charge in [0.05, 0.1) is 0 Å². The van der Waals surface area contributed by atoms with Crippen LogP contribution in [-0.2, 0) is 21.1 Å². The first-order chi connectivity index (χ1) is 3.95. The van der Waals surface area contributed by atoms with Crippen LogP contribution in [0.4, 0.5) is 0 Å². The second kappa shape index (κ2) is 3.20. The van der Waals surface area contributed by atoms with Crippen molar-refractivity contribution in [2.24, 2.45) is 10.5 Å². The van der Waals surface area contributed by atoms with Crippen LogP contribution in [0.3, 0.4) is 0 Å². The van der Waals surface area contributed by atoms with E-state index in [1.54, 1.807) is 0 Å². The predicted octanol–water partition coefficient (Wildman–Crippen LogP) is -1.55. The summed E-state index contributed by atoms with van der Waals surface area (Å²) in [6.45, 7) is 0. The topological polar surface area (TPSA) is 108 Å². The third kappa shape index (κ3) is 5.83. The number of nitrogens with zero attached hydrogens (tertiary/aromatic N) is 1. The summed E-state index contributed by atoms with van der Waals surface area (Å²) in [5.41, 5.74) is 4.87. The number of nitrogens with one attached hydrogen (secondary N) is 1. The summed E-state index contributed by atoms with van der Waals surface area (Å²) in [6.07, 6.45) is 0. The molecule has 0 aromatic rings. The SMILES string of the molecule is NC(=NP(=O)(O)O)[NH][Cr]. The molecular formula is CH5CrN3O3P. The molecule has 0 aliphatic carbocycles. The van der Waals surface area contributed by atoms with Gasteiger partial charge in [-0.25, -0.2) is 0 Å². The fraction of sp³-hybridized carbons (Fsp3) is 0. The van der Waals surface area contributed by atoms with Crippen LogP contribution in [0.1, 0.15) is 0 Å². The van der Waals surface area contributed by atoms with Crippen molar-refractivity contribution in [2.45, 2.75) is 0 Å². The Bertz CT molecular complexity index is 162. The van der Waals surface area contributed by atoms with Crippen molar-refractivity contribution in [2.75, 3.05) is 0 Å². The molecule has 53 valence electrons. The molecule has 0 bridgehead atoms. The van der Waals surface area contributed by atoms with Gasteiger partial charge in [0, 0.05) is 0 Å². The maximum absolute atomic E-state index is 9.97. The Morgan fingerprint density at radius 3 is 2.33 bits per heavy atom. The van der Waals surface area contributed by atoms with E-state index < -0.39 is 7.75 Å². The van der Waals surface area contributed by atoms with Crippen LogP contribution in [0.5, 0.6) is 0 Å². The molecule has 0 spiro atoms. The summed E-state index contributed by atoms with van der Waals surface area (Å²) >= 11 is 2.22. The van der Waals surface area contributed by atoms with Crippen molar-refractivity contribution in [3.8, 4) is 0 Å². The molecule has 6 nitrogen and oxygen atoms in total. The number of guanidine groups is 1. The second-order valence-corrected chi connectivity index (χ2v) is 2.65. The second-order valence-electron chi connectivity index (χ2n) is 1.10. The zero-order chi connectivity index (χ0) is 7.49. The van der Waals surface area contributed by atoms with Gasteiger partial charge < -0.3 is 0 Å². The molecule has 5 N–H and O–H groups in total. The van der Waals surface area contributed by atoms with Gasteiger partial charge in [-0.15, -0.1) is 0 Å². The van der Waals surface area contributed by atoms with Crippen LogP contribution in [-0.4, -0.2) is 15.7 Å². The van der Waals surface area contributed by atoms with Gasteiger partial charge in [-0.3, -0.25) is 0 Å². The molecular weight excluding hydrogens is 185 g/mol. The molecule has 0 heterocycles. The first kappa shape index (κ1) is 8.95. The standard InChI is InChI=1S/CH5N3O3P.Cr/c2-1(3)4-8(5,6)7;/h(H5-,2,3,4,5,6,7);/q-1;+1. The Morgan fingerprint density at radius 1 is 1.78 bits per heavy atom. The molecule has 9 heavy (non-hydrogen) atoms. The van der Waals surface area contributed by atoms with Crippen LogP contribution in [0, 0.1) is 0 Å². The van der Waals surface area contributed by atoms with E-state index in [-0.39, 0.29) is 5.96 Å². The maximum atomic E-state index is 9.97. The Balaban J connectivity index is 4.13. The zero-order valence-electron chi connectivity index (χ0n) is 4.18. The van der Waals surface area contributed by atoms with Crippen LogP contribution >= 0.6 is 7.75 Å². The molecule has 0 unspecified atom stereocenters. The summed E-state index contributed by atoms with van der Waals surface area (Å²) in [7, 11) is -4.36. The van der Waals surface area contributed by atoms with E-state index >= 15 is 0 Å². The van der Waals surface area contributed by atoms with Crippen molar-refractivity contribution < 1.29 is 30.9 Å². The van der Waals surface area contributed by atoms with E-state index in [2.05, 4.69) is 25.6 Å². The van der Waals surface area contributed by atoms with Crippen molar-refractivity contribution in [1.29, 1.82) is 0 Å². The minimum absolute atomic E-state index is 0.330. The molecule has 0 aromatic heterocycles. The van der Waals surface area contributed by atoms with Crippen LogP contribution in [0.2, 0.25) is 0 Å². The Hall–Kier alpha value is -0.0475. The summed E-state index contributed by atoms with van der Waals surface area (Å²) < 4.78 is 14.9. The fourth-order valence-corrected chi connectivity index (χ4v) is 0.674. The molecule has 0 radical (unpaired) electrons. The van der Waals surface area contributed by atoms with E-state index in [0.717, 1.165) is 0 Å². The van der Waals surface area contributed by atoms with Gasteiger partial charge in [0.15, 0.2) is 0 Å². The van der Waals surface area contributed by atoms with Crippen LogP contribution < -0.4 is 10.0 Å². The van der Waals surface area contributed by atoms with Gasteiger partial charge >= 0.3 is 59.4 Å². The first-order valence-electron chi connectivity index (χ1n) is 1.75. The van der Waals surface area contributed by atoms with E-state index in [0.29, 0.717) is 0 Å². The molecule has 0 aliphatic heterocycles. The molecule has 0 amide bonds. The van der Waals surface area contributed by atoms with Gasteiger partial charge in [-0.1, -0.05) is 0 Å². The van der Waals surface area contributed by atoms with Gasteiger partial charge in [0.1, 0.15) is 0 Å². The third-order valence-corrected chi connectivity index (χ3v) is 1.15. The first-order valence-corrected chi connectivity index (χ1v) is 3.95. The zero-order valence-corrected chi connectivity index (χ0v) is 6.35. The van der Waals surface area contributed by atoms with Gasteiger partial charge in [-0.05, 0) is 0 Å². The predicted molar refractivity (Wildman–Crippen MR) is 26.8 cm³/mol. The summed E-state index contributed by atoms with van der Waals surface area (Å²) in [4.78, 5) is 16.2. The van der Waals surface area contributed by atoms with Gasteiger partial charge in [-0.2, -0.15) is 0 Å². The van der Waals surface area contributed by atoms with Gasteiger partial charge in [0.25, 0.3) is 0 Å². The minimum atomic E-state index is -4.36. The average Bonchev–Trinajstić information content (AvgIpc) is 1.62. The molecule has 0 aromatic carbocycles. The van der Waals surface area contributed by atoms with E-state index in [1.807, 2.05) is 0 Å². The average molecular weight is 190 g/mol. The monoisotopic (exact) mass is 190 g/mol. The van der Waals surface area contributed by atoms with Crippen molar-refractivity contribution in [3.05, 3.63) is 0 Å². The van der Waals surface area contributed by atoms with Gasteiger partial charge in [0.2, 0.25) is 0 Å². The number of hydrogen-bond donors (Lipinski definition) is 4. The number of nitrogens with two attached hydrogens (primary N) is 1. The molecule has 0 saturated carbocycles. The summed E-state index contributed by atoms with van der Waals surface area (Å²) in [6, 6.07) is 0. The molecule has 0 saturated heterocycles. The fourth-order valence-electron chi connectivity index (χ4n) is 0.161. The van der Waals surface area contributed by atoms with Crippen LogP contribution in [0.25, 0.3) is 0 Å². The third-order valence-electron chi connectivity index (χ3n) is 0.343. The van der Waals surface area contributed by atoms with Crippen molar-refractivity contribution in [3.63, 3.8) is 0 Å². The number of rotatable bonds is 1. The quantitative estimate of drug-likeness (QED) is 0.227. The van der Waals surface area contributed by atoms with E-state index in [9.17, 15) is 4.57 Å². The number of hydrogen-bond acceptors (Lipinski definition) is 1. The Morgan fingerprint density at radius 2 is 2.22 bits per heavy atom. The Labute approximate surface area is 60.0 Å². The van der Waals surface area contributed by atoms with Crippen molar-refractivity contribution >= 4 is 13.7 Å². The van der Waals surface area contributed by atoms with Crippen LogP contribution in [0.15, 0.2) is 4.76 Å².